The van der Waals surface area contributed by atoms with Crippen molar-refractivity contribution in [2.24, 2.45) is 5.73 Å². The number of nitrogens with two attached hydrogens (primary N) is 1. The molecule has 0 radical (unpaired) electrons. The van der Waals surface area contributed by atoms with Crippen molar-refractivity contribution in [3.63, 3.8) is 0 Å². The monoisotopic (exact) mass is 326 g/mol. The first-order chi connectivity index (χ1) is 10.5. The Morgan fingerprint density at radius 3 is 2.59 bits per heavy atom. The Morgan fingerprint density at radius 2 is 1.95 bits per heavy atom. The van der Waals surface area contributed by atoms with Crippen LogP contribution in [0.2, 0.25) is 5.02 Å². The number of phenolic OH excluding ortho intramolecular Hbond substituents is 1. The van der Waals surface area contributed by atoms with Gasteiger partial charge in [-0.15, -0.1) is 0 Å². The summed E-state index contributed by atoms with van der Waals surface area (Å²) < 4.78 is 0. The molecule has 8 heteroatoms. The van der Waals surface area contributed by atoms with E-state index in [9.17, 15) is 14.7 Å². The van der Waals surface area contributed by atoms with E-state index in [2.05, 4.69) is 10.2 Å². The van der Waals surface area contributed by atoms with Gasteiger partial charge in [-0.2, -0.15) is 0 Å². The second-order valence-electron chi connectivity index (χ2n) is 5.04. The van der Waals surface area contributed by atoms with Crippen LogP contribution in [0.15, 0.2) is 18.2 Å². The van der Waals surface area contributed by atoms with Gasteiger partial charge in [-0.25, -0.2) is 0 Å². The minimum absolute atomic E-state index is 0.118. The number of carbonyl (C=O) groups excluding carboxylic acids is 2. The number of phenols is 1. The summed E-state index contributed by atoms with van der Waals surface area (Å²) in [6.45, 7) is 3.70. The number of halogens is 1. The van der Waals surface area contributed by atoms with E-state index in [4.69, 9.17) is 17.3 Å². The molecule has 22 heavy (non-hydrogen) atoms. The van der Waals surface area contributed by atoms with Crippen LogP contribution in [0.25, 0.3) is 0 Å². The molecule has 0 unspecified atom stereocenters. The first-order valence-electron chi connectivity index (χ1n) is 7.02. The van der Waals surface area contributed by atoms with E-state index in [1.165, 1.54) is 23.1 Å². The van der Waals surface area contributed by atoms with Crippen LogP contribution in [0.3, 0.4) is 0 Å². The van der Waals surface area contributed by atoms with Crippen molar-refractivity contribution in [2.45, 2.75) is 0 Å². The third-order valence-corrected chi connectivity index (χ3v) is 3.74. The average Bonchev–Trinajstić information content (AvgIpc) is 2.51. The van der Waals surface area contributed by atoms with E-state index >= 15 is 0 Å². The molecule has 0 bridgehead atoms. The van der Waals surface area contributed by atoms with Gasteiger partial charge in [0.25, 0.3) is 0 Å². The van der Waals surface area contributed by atoms with Crippen molar-refractivity contribution >= 4 is 29.1 Å². The number of benzene rings is 1. The Hall–Kier alpha value is -1.83. The van der Waals surface area contributed by atoms with Crippen LogP contribution in [0.1, 0.15) is 0 Å². The molecule has 1 aliphatic rings. The summed E-state index contributed by atoms with van der Waals surface area (Å²) in [5.74, 6) is -1.55. The molecule has 2 rings (SSSR count). The lowest BCUT2D eigenvalue weighted by atomic mass is 10.2. The molecule has 7 nitrogen and oxygen atoms in total. The van der Waals surface area contributed by atoms with Gasteiger partial charge in [-0.3, -0.25) is 14.5 Å². The van der Waals surface area contributed by atoms with E-state index in [-0.39, 0.29) is 11.4 Å². The van der Waals surface area contributed by atoms with Crippen LogP contribution < -0.4 is 11.1 Å². The van der Waals surface area contributed by atoms with Crippen LogP contribution >= 0.6 is 11.6 Å². The van der Waals surface area contributed by atoms with Gasteiger partial charge in [0.15, 0.2) is 0 Å². The zero-order valence-electron chi connectivity index (χ0n) is 12.1. The molecule has 1 saturated heterocycles. The lowest BCUT2D eigenvalue weighted by Crippen LogP contribution is -2.52. The van der Waals surface area contributed by atoms with Crippen LogP contribution in [0.5, 0.6) is 5.75 Å². The van der Waals surface area contributed by atoms with Gasteiger partial charge in [-0.1, -0.05) is 11.6 Å². The smallest absolute Gasteiger partial charge is 0.314 e. The predicted molar refractivity (Wildman–Crippen MR) is 83.8 cm³/mol. The van der Waals surface area contributed by atoms with Gasteiger partial charge >= 0.3 is 11.8 Å². The number of rotatable bonds is 3. The van der Waals surface area contributed by atoms with Crippen molar-refractivity contribution in [1.29, 1.82) is 0 Å². The Labute approximate surface area is 133 Å². The third kappa shape index (κ3) is 4.09. The number of piperazine rings is 1. The highest BCUT2D eigenvalue weighted by atomic mass is 35.5. The SMILES string of the molecule is NCCN1CCN(C(=O)C(=O)Nc2cc(Cl)ccc2O)CC1. The Morgan fingerprint density at radius 1 is 1.27 bits per heavy atom. The van der Waals surface area contributed by atoms with Crippen molar-refractivity contribution < 1.29 is 14.7 Å². The maximum absolute atomic E-state index is 12.1. The third-order valence-electron chi connectivity index (χ3n) is 3.51. The van der Waals surface area contributed by atoms with Crippen molar-refractivity contribution in [3.05, 3.63) is 23.2 Å². The molecule has 0 saturated carbocycles. The Kier molecular flexibility index (Phi) is 5.59. The highest BCUT2D eigenvalue weighted by Gasteiger charge is 2.26. The fourth-order valence-electron chi connectivity index (χ4n) is 2.28. The molecule has 2 amide bonds. The number of carbonyl (C=O) groups is 2. The molecule has 0 atom stereocenters. The highest BCUT2D eigenvalue weighted by Crippen LogP contribution is 2.26. The van der Waals surface area contributed by atoms with Gasteiger partial charge in [0, 0.05) is 44.3 Å². The standard InChI is InChI=1S/C14H19ClN4O3/c15-10-1-2-12(20)11(9-10)17-13(21)14(22)19-7-5-18(4-3-16)6-8-19/h1-2,9,20H,3-8,16H2,(H,17,21). The number of hydrogen-bond donors (Lipinski definition) is 3. The second-order valence-corrected chi connectivity index (χ2v) is 5.47. The van der Waals surface area contributed by atoms with Gasteiger partial charge in [0.2, 0.25) is 0 Å². The molecule has 0 spiro atoms. The second kappa shape index (κ2) is 7.44. The van der Waals surface area contributed by atoms with Gasteiger partial charge in [-0.05, 0) is 18.2 Å². The maximum Gasteiger partial charge on any atom is 0.314 e. The number of hydrogen-bond acceptors (Lipinski definition) is 5. The predicted octanol–water partition coefficient (Wildman–Crippen LogP) is 0.0870. The molecule has 1 aliphatic heterocycles. The van der Waals surface area contributed by atoms with Crippen LogP contribution in [0.4, 0.5) is 5.69 Å². The van der Waals surface area contributed by atoms with Crippen molar-refractivity contribution in [2.75, 3.05) is 44.6 Å². The molecule has 1 heterocycles. The van der Waals surface area contributed by atoms with E-state index in [1.807, 2.05) is 0 Å². The molecule has 0 aliphatic carbocycles. The summed E-state index contributed by atoms with van der Waals surface area (Å²) in [5, 5.41) is 12.4. The van der Waals surface area contributed by atoms with Crippen LogP contribution in [-0.4, -0.2) is 66.0 Å². The number of nitrogens with one attached hydrogen (secondary N) is 1. The lowest BCUT2D eigenvalue weighted by Gasteiger charge is -2.34. The van der Waals surface area contributed by atoms with Crippen LogP contribution in [-0.2, 0) is 9.59 Å². The normalized spacial score (nSPS) is 15.6. The number of aromatic hydroxyl groups is 1. The molecule has 0 aromatic heterocycles. The largest absolute Gasteiger partial charge is 0.506 e. The summed E-state index contributed by atoms with van der Waals surface area (Å²) in [5.41, 5.74) is 5.61. The summed E-state index contributed by atoms with van der Waals surface area (Å²) in [7, 11) is 0. The van der Waals surface area contributed by atoms with E-state index in [0.717, 1.165) is 6.54 Å². The van der Waals surface area contributed by atoms with Crippen LogP contribution in [0, 0.1) is 0 Å². The molecule has 1 fully saturated rings. The Bertz CT molecular complexity index is 559. The van der Waals surface area contributed by atoms with Gasteiger partial charge in [0.1, 0.15) is 5.75 Å². The molecule has 1 aromatic rings. The first kappa shape index (κ1) is 16.5. The minimum Gasteiger partial charge on any atom is -0.506 e. The quantitative estimate of drug-likeness (QED) is 0.540. The zero-order chi connectivity index (χ0) is 16.1. The maximum atomic E-state index is 12.1. The van der Waals surface area contributed by atoms with Gasteiger partial charge < -0.3 is 21.1 Å². The Balaban J connectivity index is 1.93. The molecule has 120 valence electrons. The summed E-state index contributed by atoms with van der Waals surface area (Å²) in [6.07, 6.45) is 0. The van der Waals surface area contributed by atoms with E-state index < -0.39 is 11.8 Å². The summed E-state index contributed by atoms with van der Waals surface area (Å²) in [4.78, 5) is 27.7. The number of nitrogens with zero attached hydrogens (tertiary/aromatic N) is 2. The highest BCUT2D eigenvalue weighted by molar-refractivity contribution is 6.40. The summed E-state index contributed by atoms with van der Waals surface area (Å²) in [6, 6.07) is 4.24. The van der Waals surface area contributed by atoms with Crippen molar-refractivity contribution in [1.82, 2.24) is 9.80 Å². The minimum atomic E-state index is -0.787. The first-order valence-corrected chi connectivity index (χ1v) is 7.40. The molecule has 1 aromatic carbocycles. The molecular formula is C14H19ClN4O3. The molecular weight excluding hydrogens is 308 g/mol. The number of amides is 2. The number of anilines is 1. The van der Waals surface area contributed by atoms with E-state index in [0.29, 0.717) is 37.7 Å². The fourth-order valence-corrected chi connectivity index (χ4v) is 2.46. The van der Waals surface area contributed by atoms with Gasteiger partial charge in [0.05, 0.1) is 5.69 Å². The average molecular weight is 327 g/mol. The zero-order valence-corrected chi connectivity index (χ0v) is 12.8. The lowest BCUT2D eigenvalue weighted by molar-refractivity contribution is -0.144. The summed E-state index contributed by atoms with van der Waals surface area (Å²) >= 11 is 5.80. The molecule has 4 N–H and O–H groups in total. The fraction of sp³-hybridized carbons (Fsp3) is 0.429. The van der Waals surface area contributed by atoms with Crippen molar-refractivity contribution in [3.8, 4) is 5.75 Å². The topological polar surface area (TPSA) is 98.9 Å². The van der Waals surface area contributed by atoms with E-state index in [1.54, 1.807) is 0 Å².